The van der Waals surface area contributed by atoms with Gasteiger partial charge in [-0.15, -0.1) is 0 Å². The molecule has 1 aromatic carbocycles. The van der Waals surface area contributed by atoms with Crippen molar-refractivity contribution in [2.45, 2.75) is 25.8 Å². The summed E-state index contributed by atoms with van der Waals surface area (Å²) >= 11 is 7.21. The maximum Gasteiger partial charge on any atom is 0.328 e. The van der Waals surface area contributed by atoms with Crippen LogP contribution in [-0.2, 0) is 9.59 Å². The molecule has 0 saturated carbocycles. The van der Waals surface area contributed by atoms with E-state index < -0.39 is 12.1 Å². The third-order valence-electron chi connectivity index (χ3n) is 5.48. The third kappa shape index (κ3) is 4.01. The number of nitrogens with zero attached hydrogens (tertiary/aromatic N) is 3. The average molecular weight is 450 g/mol. The van der Waals surface area contributed by atoms with E-state index in [9.17, 15) is 14.4 Å². The molecule has 2 fully saturated rings. The maximum absolute atomic E-state index is 13.1. The molecule has 0 aliphatic carbocycles. The van der Waals surface area contributed by atoms with Gasteiger partial charge in [-0.1, -0.05) is 31.0 Å². The van der Waals surface area contributed by atoms with E-state index in [0.29, 0.717) is 48.3 Å². The lowest BCUT2D eigenvalue weighted by molar-refractivity contribution is -0.130. The number of hydrogen-bond donors (Lipinski definition) is 2. The number of benzene rings is 1. The molecule has 4 amide bonds. The summed E-state index contributed by atoms with van der Waals surface area (Å²) in [6.07, 6.45) is 1.64. The van der Waals surface area contributed by atoms with Crippen LogP contribution in [0.25, 0.3) is 0 Å². The van der Waals surface area contributed by atoms with E-state index in [0.717, 1.165) is 30.5 Å². The number of nitrogens with one attached hydrogen (secondary N) is 2. The number of carbonyl (C=O) groups excluding carboxylic acids is 3. The van der Waals surface area contributed by atoms with Crippen LogP contribution in [0, 0.1) is 0 Å². The summed E-state index contributed by atoms with van der Waals surface area (Å²) in [5.41, 5.74) is 1.41. The van der Waals surface area contributed by atoms with Gasteiger partial charge in [-0.3, -0.25) is 14.5 Å². The smallest absolute Gasteiger partial charge is 0.328 e. The number of carbonyl (C=O) groups is 3. The number of piperazine rings is 1. The highest BCUT2D eigenvalue weighted by atomic mass is 35.5. The van der Waals surface area contributed by atoms with Crippen LogP contribution in [0.5, 0.6) is 0 Å². The number of anilines is 1. The molecule has 0 radical (unpaired) electrons. The Kier molecular flexibility index (Phi) is 6.21. The van der Waals surface area contributed by atoms with Gasteiger partial charge in [0, 0.05) is 43.4 Å². The second-order valence-electron chi connectivity index (χ2n) is 7.43. The van der Waals surface area contributed by atoms with Gasteiger partial charge in [0.1, 0.15) is 10.9 Å². The van der Waals surface area contributed by atoms with Gasteiger partial charge in [0.15, 0.2) is 0 Å². The summed E-state index contributed by atoms with van der Waals surface area (Å²) in [5.74, 6) is -0.464. The molecular formula is C20H24ClN5O3S. The predicted molar refractivity (Wildman–Crippen MR) is 117 cm³/mol. The highest BCUT2D eigenvalue weighted by molar-refractivity contribution is 8.02. The van der Waals surface area contributed by atoms with Crippen LogP contribution in [0.1, 0.15) is 19.8 Å². The van der Waals surface area contributed by atoms with E-state index in [1.807, 2.05) is 31.2 Å². The van der Waals surface area contributed by atoms with Crippen molar-refractivity contribution in [2.24, 2.45) is 0 Å². The van der Waals surface area contributed by atoms with Gasteiger partial charge in [0.2, 0.25) is 0 Å². The second kappa shape index (κ2) is 8.87. The molecule has 0 spiro atoms. The lowest BCUT2D eigenvalue weighted by Crippen LogP contribution is -2.58. The van der Waals surface area contributed by atoms with Gasteiger partial charge >= 0.3 is 6.03 Å². The normalized spacial score (nSPS) is 21.8. The van der Waals surface area contributed by atoms with Crippen molar-refractivity contribution in [3.63, 3.8) is 0 Å². The highest BCUT2D eigenvalue weighted by Crippen LogP contribution is 2.32. The van der Waals surface area contributed by atoms with Gasteiger partial charge in [-0.2, -0.15) is 0 Å². The van der Waals surface area contributed by atoms with Crippen molar-refractivity contribution >= 4 is 47.1 Å². The average Bonchev–Trinajstić information content (AvgIpc) is 3.17. The Bertz CT molecular complexity index is 900. The molecule has 8 nitrogen and oxygen atoms in total. The Hall–Kier alpha value is -2.23. The number of unbranched alkanes of at least 4 members (excludes halogenated alkanes) is 1. The van der Waals surface area contributed by atoms with Crippen LogP contribution in [0.4, 0.5) is 10.5 Å². The van der Waals surface area contributed by atoms with Crippen LogP contribution in [0.2, 0.25) is 5.02 Å². The number of hydrogen-bond acceptors (Lipinski definition) is 6. The number of fused-ring (bicyclic) bond motifs is 1. The minimum absolute atomic E-state index is 0.161. The standard InChI is InChI=1S/C20H24ClN5O3S/c1-2-3-7-26-18(27)16-15(22-20(26)29)17(30-23-16)19(28)25-10-8-24(9-11-25)14-6-4-5-13(21)12-14/h4-6,12,16,23H,2-3,7-11H2,1H3,(H,22,29). The Morgan fingerprint density at radius 2 is 2.00 bits per heavy atom. The van der Waals surface area contributed by atoms with Crippen LogP contribution in [0.15, 0.2) is 34.9 Å². The summed E-state index contributed by atoms with van der Waals surface area (Å²) in [5, 5.41) is 3.45. The molecule has 1 unspecified atom stereocenters. The van der Waals surface area contributed by atoms with E-state index in [1.165, 1.54) is 4.90 Å². The first-order valence-corrected chi connectivity index (χ1v) is 11.3. The molecule has 4 rings (SSSR count). The van der Waals surface area contributed by atoms with Crippen LogP contribution in [0.3, 0.4) is 0 Å². The Balaban J connectivity index is 1.43. The van der Waals surface area contributed by atoms with Crippen LogP contribution >= 0.6 is 23.5 Å². The summed E-state index contributed by atoms with van der Waals surface area (Å²) in [6, 6.07) is 6.52. The first-order valence-electron chi connectivity index (χ1n) is 10.1. The number of urea groups is 1. The van der Waals surface area contributed by atoms with Gasteiger partial charge in [-0.25, -0.2) is 9.52 Å². The number of amides is 4. The number of imide groups is 1. The van der Waals surface area contributed by atoms with Gasteiger partial charge < -0.3 is 15.1 Å². The van der Waals surface area contributed by atoms with E-state index in [1.54, 1.807) is 4.90 Å². The lowest BCUT2D eigenvalue weighted by atomic mass is 10.1. The van der Waals surface area contributed by atoms with Crippen molar-refractivity contribution in [3.8, 4) is 0 Å². The highest BCUT2D eigenvalue weighted by Gasteiger charge is 2.44. The fourth-order valence-electron chi connectivity index (χ4n) is 3.78. The van der Waals surface area contributed by atoms with Crippen molar-refractivity contribution in [1.29, 1.82) is 0 Å². The molecule has 3 heterocycles. The topological polar surface area (TPSA) is 85.0 Å². The van der Waals surface area contributed by atoms with E-state index in [4.69, 9.17) is 11.6 Å². The van der Waals surface area contributed by atoms with Crippen LogP contribution < -0.4 is 14.9 Å². The molecule has 160 valence electrons. The summed E-state index contributed by atoms with van der Waals surface area (Å²) in [6.45, 7) is 4.87. The van der Waals surface area contributed by atoms with Gasteiger partial charge in [0.05, 0.1) is 5.70 Å². The number of halogens is 1. The largest absolute Gasteiger partial charge is 0.368 e. The Morgan fingerprint density at radius 3 is 2.70 bits per heavy atom. The molecule has 2 N–H and O–H groups in total. The molecule has 10 heteroatoms. The molecule has 30 heavy (non-hydrogen) atoms. The number of rotatable bonds is 5. The Labute approximate surface area is 184 Å². The third-order valence-corrected chi connectivity index (χ3v) is 6.67. The molecule has 1 aromatic rings. The van der Waals surface area contributed by atoms with Crippen molar-refractivity contribution in [1.82, 2.24) is 19.8 Å². The Morgan fingerprint density at radius 1 is 1.23 bits per heavy atom. The van der Waals surface area contributed by atoms with Gasteiger partial charge in [-0.05, 0) is 36.6 Å². The zero-order chi connectivity index (χ0) is 21.3. The molecule has 0 bridgehead atoms. The van der Waals surface area contributed by atoms with Crippen LogP contribution in [-0.4, -0.2) is 66.4 Å². The summed E-state index contributed by atoms with van der Waals surface area (Å²) < 4.78 is 3.01. The predicted octanol–water partition coefficient (Wildman–Crippen LogP) is 2.17. The molecule has 3 aliphatic heterocycles. The zero-order valence-electron chi connectivity index (χ0n) is 16.7. The second-order valence-corrected chi connectivity index (χ2v) is 8.71. The SMILES string of the molecule is CCCCN1C(=O)NC2=C(C(=O)N3CCN(c4cccc(Cl)c4)CC3)SNC2C1=O. The van der Waals surface area contributed by atoms with Crippen molar-refractivity contribution in [3.05, 3.63) is 39.9 Å². The first kappa shape index (κ1) is 21.0. The minimum Gasteiger partial charge on any atom is -0.368 e. The fourth-order valence-corrected chi connectivity index (χ4v) is 4.91. The quantitative estimate of drug-likeness (QED) is 0.670. The maximum atomic E-state index is 13.1. The molecule has 1 atom stereocenters. The fraction of sp³-hybridized carbons (Fsp3) is 0.450. The monoisotopic (exact) mass is 449 g/mol. The lowest BCUT2D eigenvalue weighted by Gasteiger charge is -2.36. The van der Waals surface area contributed by atoms with Crippen molar-refractivity contribution < 1.29 is 14.4 Å². The molecular weight excluding hydrogens is 426 g/mol. The summed E-state index contributed by atoms with van der Waals surface area (Å²) in [7, 11) is 0. The molecule has 0 aromatic heterocycles. The first-order chi connectivity index (χ1) is 14.5. The van der Waals surface area contributed by atoms with E-state index in [-0.39, 0.29) is 11.8 Å². The van der Waals surface area contributed by atoms with E-state index in [2.05, 4.69) is 14.9 Å². The van der Waals surface area contributed by atoms with Gasteiger partial charge in [0.25, 0.3) is 11.8 Å². The zero-order valence-corrected chi connectivity index (χ0v) is 18.3. The van der Waals surface area contributed by atoms with E-state index >= 15 is 0 Å². The van der Waals surface area contributed by atoms with Crippen molar-refractivity contribution in [2.75, 3.05) is 37.6 Å². The molecule has 3 aliphatic rings. The summed E-state index contributed by atoms with van der Waals surface area (Å²) in [4.78, 5) is 43.8. The molecule has 2 saturated heterocycles. The minimum atomic E-state index is -0.684.